The summed E-state index contributed by atoms with van der Waals surface area (Å²) in [6.07, 6.45) is -7.96. The molecule has 1 aliphatic heterocycles. The molecule has 0 aromatic heterocycles. The Balaban J connectivity index is 0.000000531. The van der Waals surface area contributed by atoms with Gasteiger partial charge < -0.3 is 30.3 Å². The maximum Gasteiger partial charge on any atom is 0.490 e. The average molecular weight is 828 g/mol. The van der Waals surface area contributed by atoms with Crippen molar-refractivity contribution in [2.45, 2.75) is 55.6 Å². The number of hydrogen-bond acceptors (Lipinski definition) is 8. The molecule has 13 nitrogen and oxygen atoms in total. The van der Waals surface area contributed by atoms with Crippen LogP contribution in [0, 0.1) is 10.8 Å². The van der Waals surface area contributed by atoms with Gasteiger partial charge >= 0.3 is 24.3 Å². The molecule has 1 heterocycles. The van der Waals surface area contributed by atoms with Crippen LogP contribution in [0.1, 0.15) is 30.9 Å². The van der Waals surface area contributed by atoms with Gasteiger partial charge in [0.1, 0.15) is 30.0 Å². The monoisotopic (exact) mass is 827 g/mol. The van der Waals surface area contributed by atoms with E-state index >= 15 is 0 Å². The van der Waals surface area contributed by atoms with E-state index in [-0.39, 0.29) is 23.4 Å². The molecule has 1 saturated heterocycles. The predicted molar refractivity (Wildman–Crippen MR) is 197 cm³/mol. The number of rotatable bonds is 11. The number of fused-ring (bicyclic) bond motifs is 1. The minimum Gasteiger partial charge on any atom is -0.492 e. The second-order valence-electron chi connectivity index (χ2n) is 12.4. The van der Waals surface area contributed by atoms with Gasteiger partial charge in [-0.1, -0.05) is 54.6 Å². The molecule has 1 atom stereocenters. The van der Waals surface area contributed by atoms with Crippen LogP contribution in [-0.2, 0) is 26.0 Å². The van der Waals surface area contributed by atoms with Crippen LogP contribution in [0.15, 0.2) is 95.9 Å². The number of carboxylic acid groups (broad SMARTS) is 2. The topological polar surface area (TPSA) is 216 Å². The van der Waals surface area contributed by atoms with Crippen molar-refractivity contribution in [3.05, 3.63) is 102 Å². The average Bonchev–Trinajstić information content (AvgIpc) is 3.14. The zero-order chi connectivity index (χ0) is 42.6. The van der Waals surface area contributed by atoms with Crippen LogP contribution < -0.4 is 19.9 Å². The van der Waals surface area contributed by atoms with E-state index in [2.05, 4.69) is 9.62 Å². The minimum absolute atomic E-state index is 0.0669. The number of benzene rings is 4. The Kier molecular flexibility index (Phi) is 15.8. The van der Waals surface area contributed by atoms with E-state index < -0.39 is 40.4 Å². The number of likely N-dealkylation sites (tertiary alicyclic amines) is 1. The van der Waals surface area contributed by atoms with Crippen molar-refractivity contribution in [2.24, 2.45) is 5.73 Å². The van der Waals surface area contributed by atoms with Crippen LogP contribution in [0.5, 0.6) is 11.5 Å². The van der Waals surface area contributed by atoms with Crippen molar-refractivity contribution in [1.82, 2.24) is 9.62 Å². The number of halogens is 6. The predicted octanol–water partition coefficient (Wildman–Crippen LogP) is 6.20. The summed E-state index contributed by atoms with van der Waals surface area (Å²) in [6, 6.07) is 26.7. The summed E-state index contributed by atoms with van der Waals surface area (Å²) in [4.78, 5) is 20.0. The first-order chi connectivity index (χ1) is 26.5. The molecule has 308 valence electrons. The van der Waals surface area contributed by atoms with Crippen molar-refractivity contribution in [3.8, 4) is 11.5 Å². The van der Waals surface area contributed by atoms with Crippen molar-refractivity contribution < 1.29 is 64.0 Å². The Labute approximate surface area is 323 Å². The summed E-state index contributed by atoms with van der Waals surface area (Å²) in [5.74, 6) is -3.74. The Bertz CT molecular complexity index is 2100. The van der Waals surface area contributed by atoms with Crippen LogP contribution in [-0.4, -0.2) is 91.3 Å². The maximum absolute atomic E-state index is 13.5. The number of amidine groups is 2. The number of sulfonamides is 1. The van der Waals surface area contributed by atoms with Crippen molar-refractivity contribution in [1.29, 1.82) is 10.8 Å². The summed E-state index contributed by atoms with van der Waals surface area (Å²) in [6.45, 7) is 3.50. The molecule has 1 fully saturated rings. The van der Waals surface area contributed by atoms with Gasteiger partial charge in [0.25, 0.3) is 0 Å². The molecule has 0 amide bonds. The molecule has 0 unspecified atom stereocenters. The smallest absolute Gasteiger partial charge is 0.490 e. The van der Waals surface area contributed by atoms with Crippen molar-refractivity contribution >= 4 is 44.4 Å². The lowest BCUT2D eigenvalue weighted by Gasteiger charge is -2.32. The zero-order valence-electron chi connectivity index (χ0n) is 30.1. The number of nitrogens with one attached hydrogen (secondary N) is 3. The standard InChI is InChI=1S/C33H37N5O4S.2C2HF3O2/c1-23(34)38-17-15-30(16-18-38)42-29-12-9-24(10-13-29)19-28(22-41-31-8-4-7-27(20-31)33(35)36)37-43(39,40)32-14-11-25-5-2-3-6-26(25)21-32;2*3-2(4,5)1(6)7/h2-14,20-21,28,30,34,37H,15-19,22H2,1H3,(H3,35,36);2*(H,6,7)/t28-;;/m0../s1. The lowest BCUT2D eigenvalue weighted by Crippen LogP contribution is -2.40. The van der Waals surface area contributed by atoms with E-state index in [1.807, 2.05) is 55.5 Å². The van der Waals surface area contributed by atoms with E-state index in [0.717, 1.165) is 48.0 Å². The number of carbonyl (C=O) groups is 2. The Morgan fingerprint density at radius 3 is 1.93 bits per heavy atom. The number of carboxylic acids is 2. The van der Waals surface area contributed by atoms with E-state index in [4.69, 9.17) is 45.8 Å². The number of ether oxygens (including phenoxy) is 2. The molecular weight excluding hydrogens is 788 g/mol. The van der Waals surface area contributed by atoms with E-state index in [0.29, 0.717) is 23.6 Å². The number of nitrogens with zero attached hydrogens (tertiary/aromatic N) is 1. The van der Waals surface area contributed by atoms with Gasteiger partial charge in [-0.15, -0.1) is 0 Å². The molecule has 7 N–H and O–H groups in total. The van der Waals surface area contributed by atoms with Gasteiger partial charge in [-0.3, -0.25) is 10.8 Å². The summed E-state index contributed by atoms with van der Waals surface area (Å²) < 4.78 is 106. The van der Waals surface area contributed by atoms with E-state index in [9.17, 15) is 34.8 Å². The van der Waals surface area contributed by atoms with Gasteiger partial charge in [-0.2, -0.15) is 26.3 Å². The van der Waals surface area contributed by atoms with Gasteiger partial charge in [0.15, 0.2) is 0 Å². The number of hydrogen-bond donors (Lipinski definition) is 6. The largest absolute Gasteiger partial charge is 0.492 e. The summed E-state index contributed by atoms with van der Waals surface area (Å²) in [5.41, 5.74) is 7.09. The fourth-order valence-electron chi connectivity index (χ4n) is 5.20. The van der Waals surface area contributed by atoms with Gasteiger partial charge in [0.2, 0.25) is 10.0 Å². The normalized spacial score (nSPS) is 13.9. The molecule has 0 spiro atoms. The maximum atomic E-state index is 13.5. The SMILES string of the molecule is CC(=N)N1CCC(Oc2ccc(C[C@@H](COc3cccc(C(=N)N)c3)NS(=O)(=O)c3ccc4ccccc4c3)cc2)CC1.O=C(O)C(F)(F)F.O=C(O)C(F)(F)F. The third kappa shape index (κ3) is 14.9. The summed E-state index contributed by atoms with van der Waals surface area (Å²) >= 11 is 0. The molecule has 1 aliphatic rings. The number of nitrogens with two attached hydrogens (primary N) is 1. The number of aliphatic carboxylic acids is 2. The molecule has 0 radical (unpaired) electrons. The van der Waals surface area contributed by atoms with Crippen LogP contribution in [0.2, 0.25) is 0 Å². The molecule has 4 aromatic carbocycles. The Hall–Kier alpha value is -5.89. The van der Waals surface area contributed by atoms with Gasteiger partial charge in [-0.05, 0) is 66.1 Å². The van der Waals surface area contributed by atoms with E-state index in [1.54, 1.807) is 42.5 Å². The first-order valence-electron chi connectivity index (χ1n) is 16.8. The number of alkyl halides is 6. The second kappa shape index (κ2) is 19.8. The summed E-state index contributed by atoms with van der Waals surface area (Å²) in [5, 5.41) is 31.6. The quantitative estimate of drug-likeness (QED) is 0.0572. The van der Waals surface area contributed by atoms with Gasteiger partial charge in [0.05, 0.1) is 16.8 Å². The highest BCUT2D eigenvalue weighted by atomic mass is 32.2. The second-order valence-corrected chi connectivity index (χ2v) is 14.1. The van der Waals surface area contributed by atoms with E-state index in [1.165, 1.54) is 0 Å². The van der Waals surface area contributed by atoms with Crippen LogP contribution in [0.25, 0.3) is 10.8 Å². The highest BCUT2D eigenvalue weighted by Gasteiger charge is 2.39. The van der Waals surface area contributed by atoms with Crippen molar-refractivity contribution in [2.75, 3.05) is 19.7 Å². The van der Waals surface area contributed by atoms with Crippen LogP contribution >= 0.6 is 0 Å². The Morgan fingerprint density at radius 2 is 1.40 bits per heavy atom. The third-order valence-electron chi connectivity index (χ3n) is 8.06. The first-order valence-corrected chi connectivity index (χ1v) is 18.3. The number of piperidine rings is 1. The van der Waals surface area contributed by atoms with Crippen LogP contribution in [0.4, 0.5) is 26.3 Å². The number of nitrogen functional groups attached to an aromatic ring is 1. The first kappa shape index (κ1) is 45.5. The van der Waals surface area contributed by atoms with Crippen LogP contribution in [0.3, 0.4) is 0 Å². The third-order valence-corrected chi connectivity index (χ3v) is 9.58. The lowest BCUT2D eigenvalue weighted by molar-refractivity contribution is -0.193. The molecule has 0 bridgehead atoms. The molecular formula is C37H39F6N5O8S. The molecule has 5 rings (SSSR count). The zero-order valence-corrected chi connectivity index (χ0v) is 30.9. The molecule has 20 heteroatoms. The molecule has 4 aromatic rings. The molecule has 0 saturated carbocycles. The fourth-order valence-corrected chi connectivity index (χ4v) is 6.45. The molecule has 57 heavy (non-hydrogen) atoms. The lowest BCUT2D eigenvalue weighted by atomic mass is 10.1. The van der Waals surface area contributed by atoms with Gasteiger partial charge in [-0.25, -0.2) is 22.7 Å². The van der Waals surface area contributed by atoms with Gasteiger partial charge in [0, 0.05) is 31.5 Å². The minimum atomic E-state index is -5.08. The highest BCUT2D eigenvalue weighted by Crippen LogP contribution is 2.23. The fraction of sp³-hybridized carbons (Fsp3) is 0.297. The van der Waals surface area contributed by atoms with Crippen molar-refractivity contribution in [3.63, 3.8) is 0 Å². The summed E-state index contributed by atoms with van der Waals surface area (Å²) in [7, 11) is -3.86. The molecule has 0 aliphatic carbocycles. The highest BCUT2D eigenvalue weighted by molar-refractivity contribution is 7.89. The Morgan fingerprint density at radius 1 is 0.842 bits per heavy atom.